The van der Waals surface area contributed by atoms with Crippen molar-refractivity contribution in [3.63, 3.8) is 0 Å². The maximum absolute atomic E-state index is 10.9. The van der Waals surface area contributed by atoms with Crippen LogP contribution in [0.1, 0.15) is 17.3 Å². The monoisotopic (exact) mass is 270 g/mol. The van der Waals surface area contributed by atoms with Crippen LogP contribution >= 0.6 is 15.9 Å². The van der Waals surface area contributed by atoms with Crippen LogP contribution in [-0.2, 0) is 0 Å². The summed E-state index contributed by atoms with van der Waals surface area (Å²) in [6.07, 6.45) is 3.66. The van der Waals surface area contributed by atoms with Gasteiger partial charge in [-0.25, -0.2) is 4.79 Å². The highest BCUT2D eigenvalue weighted by Crippen LogP contribution is 2.23. The van der Waals surface area contributed by atoms with Gasteiger partial charge in [0.15, 0.2) is 0 Å². The minimum Gasteiger partial charge on any atom is -0.489 e. The third-order valence-electron chi connectivity index (χ3n) is 1.74. The van der Waals surface area contributed by atoms with E-state index in [1.54, 1.807) is 12.1 Å². The van der Waals surface area contributed by atoms with Gasteiger partial charge >= 0.3 is 5.97 Å². The van der Waals surface area contributed by atoms with Gasteiger partial charge in [-0.05, 0) is 25.1 Å². The van der Waals surface area contributed by atoms with Crippen LogP contribution in [0.5, 0.6) is 5.75 Å². The van der Waals surface area contributed by atoms with Gasteiger partial charge in [0.05, 0.1) is 0 Å². The lowest BCUT2D eigenvalue weighted by molar-refractivity contribution is 0.0693. The normalized spacial score (nSPS) is 10.5. The summed E-state index contributed by atoms with van der Waals surface area (Å²) in [6, 6.07) is 4.83. The zero-order valence-electron chi connectivity index (χ0n) is 8.24. The van der Waals surface area contributed by atoms with Crippen molar-refractivity contribution in [3.8, 4) is 5.75 Å². The lowest BCUT2D eigenvalue weighted by atomic mass is 10.2. The molecule has 0 saturated heterocycles. The van der Waals surface area contributed by atoms with Gasteiger partial charge in [-0.3, -0.25) is 0 Å². The minimum absolute atomic E-state index is 0.169. The summed E-state index contributed by atoms with van der Waals surface area (Å²) in [4.78, 5) is 10.9. The van der Waals surface area contributed by atoms with E-state index >= 15 is 0 Å². The molecule has 0 atom stereocenters. The molecule has 0 bridgehead atoms. The molecular weight excluding hydrogens is 260 g/mol. The van der Waals surface area contributed by atoms with Crippen molar-refractivity contribution >= 4 is 21.9 Å². The zero-order valence-corrected chi connectivity index (χ0v) is 9.82. The molecule has 15 heavy (non-hydrogen) atoms. The van der Waals surface area contributed by atoms with E-state index in [1.165, 1.54) is 6.07 Å². The average molecular weight is 271 g/mol. The van der Waals surface area contributed by atoms with Gasteiger partial charge in [-0.15, -0.1) is 0 Å². The standard InChI is InChI=1S/C11H11BrO3/c1-2-3-6-15-10-7-8(12)4-5-9(10)11(13)14/h2-5,7H,6H2,1H3,(H,13,14). The van der Waals surface area contributed by atoms with E-state index in [0.717, 1.165) is 4.47 Å². The third kappa shape index (κ3) is 3.40. The van der Waals surface area contributed by atoms with Crippen molar-refractivity contribution in [1.82, 2.24) is 0 Å². The molecule has 80 valence electrons. The number of carbonyl (C=O) groups is 1. The van der Waals surface area contributed by atoms with E-state index in [-0.39, 0.29) is 5.56 Å². The van der Waals surface area contributed by atoms with E-state index in [0.29, 0.717) is 12.4 Å². The molecule has 0 spiro atoms. The summed E-state index contributed by atoms with van der Waals surface area (Å²) >= 11 is 3.26. The number of rotatable bonds is 4. The summed E-state index contributed by atoms with van der Waals surface area (Å²) in [5.74, 6) is -0.618. The molecule has 3 nitrogen and oxygen atoms in total. The van der Waals surface area contributed by atoms with Crippen LogP contribution in [0.25, 0.3) is 0 Å². The molecule has 0 saturated carbocycles. The first-order valence-corrected chi connectivity index (χ1v) is 5.21. The second-order valence-electron chi connectivity index (χ2n) is 2.83. The maximum Gasteiger partial charge on any atom is 0.339 e. The van der Waals surface area contributed by atoms with Crippen molar-refractivity contribution in [2.75, 3.05) is 6.61 Å². The highest BCUT2D eigenvalue weighted by molar-refractivity contribution is 9.10. The molecule has 1 rings (SSSR count). The second-order valence-corrected chi connectivity index (χ2v) is 3.74. The highest BCUT2D eigenvalue weighted by Gasteiger charge is 2.10. The molecule has 1 aromatic rings. The Morgan fingerprint density at radius 1 is 1.60 bits per heavy atom. The van der Waals surface area contributed by atoms with Crippen molar-refractivity contribution in [3.05, 3.63) is 40.4 Å². The number of hydrogen-bond donors (Lipinski definition) is 1. The molecule has 0 aliphatic carbocycles. The van der Waals surface area contributed by atoms with Crippen LogP contribution in [0.15, 0.2) is 34.8 Å². The summed E-state index contributed by atoms with van der Waals surface area (Å²) in [5.41, 5.74) is 0.169. The quantitative estimate of drug-likeness (QED) is 0.856. The Bertz CT molecular complexity index is 385. The summed E-state index contributed by atoms with van der Waals surface area (Å²) in [7, 11) is 0. The van der Waals surface area contributed by atoms with Crippen LogP contribution < -0.4 is 4.74 Å². The molecule has 0 radical (unpaired) electrons. The van der Waals surface area contributed by atoms with E-state index in [4.69, 9.17) is 9.84 Å². The maximum atomic E-state index is 10.9. The number of carboxylic acid groups (broad SMARTS) is 1. The Hall–Kier alpha value is -1.29. The molecule has 0 aromatic heterocycles. The molecule has 0 amide bonds. The average Bonchev–Trinajstić information content (AvgIpc) is 2.18. The van der Waals surface area contributed by atoms with Gasteiger partial charge in [-0.1, -0.05) is 28.1 Å². The zero-order chi connectivity index (χ0) is 11.3. The largest absolute Gasteiger partial charge is 0.489 e. The summed E-state index contributed by atoms with van der Waals surface area (Å²) in [5, 5.41) is 8.90. The van der Waals surface area contributed by atoms with Gasteiger partial charge in [0.1, 0.15) is 17.9 Å². The van der Waals surface area contributed by atoms with Gasteiger partial charge in [-0.2, -0.15) is 0 Å². The SMILES string of the molecule is CC=CCOc1cc(Br)ccc1C(=O)O. The Morgan fingerprint density at radius 3 is 2.93 bits per heavy atom. The lowest BCUT2D eigenvalue weighted by Crippen LogP contribution is -2.03. The molecule has 0 aliphatic rings. The lowest BCUT2D eigenvalue weighted by Gasteiger charge is -2.07. The molecular formula is C11H11BrO3. The van der Waals surface area contributed by atoms with Crippen molar-refractivity contribution < 1.29 is 14.6 Å². The highest BCUT2D eigenvalue weighted by atomic mass is 79.9. The van der Waals surface area contributed by atoms with Crippen molar-refractivity contribution in [2.24, 2.45) is 0 Å². The fourth-order valence-corrected chi connectivity index (χ4v) is 1.37. The predicted octanol–water partition coefficient (Wildman–Crippen LogP) is 3.10. The molecule has 4 heteroatoms. The smallest absolute Gasteiger partial charge is 0.339 e. The van der Waals surface area contributed by atoms with E-state index in [9.17, 15) is 4.79 Å². The third-order valence-corrected chi connectivity index (χ3v) is 2.24. The predicted molar refractivity (Wildman–Crippen MR) is 61.4 cm³/mol. The van der Waals surface area contributed by atoms with Gasteiger partial charge in [0.2, 0.25) is 0 Å². The minimum atomic E-state index is -0.988. The van der Waals surface area contributed by atoms with Crippen LogP contribution in [0.3, 0.4) is 0 Å². The molecule has 1 N–H and O–H groups in total. The number of ether oxygens (including phenoxy) is 1. The first kappa shape index (κ1) is 11.8. The van der Waals surface area contributed by atoms with Crippen LogP contribution in [0.4, 0.5) is 0 Å². The molecule has 0 aliphatic heterocycles. The van der Waals surface area contributed by atoms with Crippen LogP contribution in [0, 0.1) is 0 Å². The molecule has 0 fully saturated rings. The van der Waals surface area contributed by atoms with Crippen LogP contribution in [-0.4, -0.2) is 17.7 Å². The molecule has 1 aromatic carbocycles. The second kappa shape index (κ2) is 5.56. The Morgan fingerprint density at radius 2 is 2.33 bits per heavy atom. The topological polar surface area (TPSA) is 46.5 Å². The fraction of sp³-hybridized carbons (Fsp3) is 0.182. The number of benzene rings is 1. The summed E-state index contributed by atoms with van der Waals surface area (Å²) < 4.78 is 6.12. The summed E-state index contributed by atoms with van der Waals surface area (Å²) in [6.45, 7) is 2.25. The number of allylic oxidation sites excluding steroid dienone is 1. The van der Waals surface area contributed by atoms with Crippen LogP contribution in [0.2, 0.25) is 0 Å². The van der Waals surface area contributed by atoms with E-state index < -0.39 is 5.97 Å². The van der Waals surface area contributed by atoms with Crippen molar-refractivity contribution in [1.29, 1.82) is 0 Å². The molecule has 0 heterocycles. The Balaban J connectivity index is 2.91. The Labute approximate surface area is 96.5 Å². The number of halogens is 1. The number of hydrogen-bond acceptors (Lipinski definition) is 2. The van der Waals surface area contributed by atoms with Gasteiger partial charge in [0, 0.05) is 4.47 Å². The first-order valence-electron chi connectivity index (χ1n) is 4.42. The van der Waals surface area contributed by atoms with Crippen molar-refractivity contribution in [2.45, 2.75) is 6.92 Å². The molecule has 0 unspecified atom stereocenters. The fourth-order valence-electron chi connectivity index (χ4n) is 1.03. The Kier molecular flexibility index (Phi) is 4.37. The van der Waals surface area contributed by atoms with Gasteiger partial charge < -0.3 is 9.84 Å². The van der Waals surface area contributed by atoms with E-state index in [1.807, 2.05) is 19.1 Å². The number of carboxylic acids is 1. The first-order chi connectivity index (χ1) is 7.15. The number of aromatic carboxylic acids is 1. The van der Waals surface area contributed by atoms with E-state index in [2.05, 4.69) is 15.9 Å². The van der Waals surface area contributed by atoms with Gasteiger partial charge in [0.25, 0.3) is 0 Å².